The minimum Gasteiger partial charge on any atom is -0.300 e. The Labute approximate surface area is 353 Å². The van der Waals surface area contributed by atoms with Gasteiger partial charge in [0.2, 0.25) is 0 Å². The standard InChI is InChI=1S/C51H34BF7N3/c1-60-45-28-23-31(35-18-12-22-42-46(35)39-17-9-10-21-41(39)49(42,33-15-7-4-8-16-33)32-13-5-2-3-6-14-32)30-61(45)52(59)62-44-27-26-36(38-19-11-20-40(47(38)44)48(60)62)37-25-24-34(50(53,54)55)29-43(37)51(56,57)58/h2,4-30,48H,3H2,1H3/q+1. The highest BCUT2D eigenvalue weighted by Gasteiger charge is 2.55. The molecule has 0 N–H and O–H groups in total. The van der Waals surface area contributed by atoms with Crippen molar-refractivity contribution in [2.75, 3.05) is 16.8 Å². The largest absolute Gasteiger partial charge is 0.723 e. The number of allylic oxidation sites excluding steroid dienone is 6. The summed E-state index contributed by atoms with van der Waals surface area (Å²) in [6.07, 6.45) is 2.81. The topological polar surface area (TPSA) is 10.4 Å². The second-order valence-corrected chi connectivity index (χ2v) is 16.1. The van der Waals surface area contributed by atoms with Gasteiger partial charge in [0.05, 0.1) is 29.8 Å². The number of anilines is 2. The molecule has 0 fully saturated rings. The average molecular weight is 833 g/mol. The molecule has 304 valence electrons. The van der Waals surface area contributed by atoms with Crippen LogP contribution in [0.2, 0.25) is 0 Å². The number of rotatable bonds is 4. The van der Waals surface area contributed by atoms with Crippen molar-refractivity contribution in [3.63, 3.8) is 0 Å². The summed E-state index contributed by atoms with van der Waals surface area (Å²) in [6, 6.07) is 39.1. The highest BCUT2D eigenvalue weighted by molar-refractivity contribution is 6.49. The molecule has 0 saturated carbocycles. The molecule has 0 bridgehead atoms. The molecule has 3 heterocycles. The summed E-state index contributed by atoms with van der Waals surface area (Å²) < 4.78 is 103. The normalized spacial score (nSPS) is 18.7. The molecule has 11 heteroatoms. The molecule has 2 unspecified atom stereocenters. The summed E-state index contributed by atoms with van der Waals surface area (Å²) in [5, 5.41) is 0.919. The third kappa shape index (κ3) is 5.36. The van der Waals surface area contributed by atoms with Crippen molar-refractivity contribution in [3.8, 4) is 33.4 Å². The van der Waals surface area contributed by atoms with Crippen molar-refractivity contribution in [2.24, 2.45) is 0 Å². The number of halogens is 7. The minimum absolute atomic E-state index is 0.105. The molecule has 2 aliphatic carbocycles. The van der Waals surface area contributed by atoms with Gasteiger partial charge in [0, 0.05) is 28.3 Å². The predicted octanol–water partition coefficient (Wildman–Crippen LogP) is 13.0. The van der Waals surface area contributed by atoms with Crippen LogP contribution in [0.25, 0.3) is 44.2 Å². The van der Waals surface area contributed by atoms with Gasteiger partial charge in [-0.2, -0.15) is 26.3 Å². The van der Waals surface area contributed by atoms with E-state index >= 15 is 4.32 Å². The van der Waals surface area contributed by atoms with Crippen molar-refractivity contribution < 1.29 is 35.1 Å². The lowest BCUT2D eigenvalue weighted by molar-refractivity contribution is -0.536. The molecule has 0 amide bonds. The molecule has 0 saturated heterocycles. The first kappa shape index (κ1) is 38.1. The van der Waals surface area contributed by atoms with Crippen LogP contribution >= 0.6 is 0 Å². The van der Waals surface area contributed by atoms with Gasteiger partial charge in [0.25, 0.3) is 5.82 Å². The summed E-state index contributed by atoms with van der Waals surface area (Å²) in [6.45, 7) is 0. The van der Waals surface area contributed by atoms with Gasteiger partial charge in [0.15, 0.2) is 6.17 Å². The molecule has 1 aromatic heterocycles. The van der Waals surface area contributed by atoms with E-state index < -0.39 is 42.3 Å². The van der Waals surface area contributed by atoms with Crippen LogP contribution in [0.3, 0.4) is 0 Å². The van der Waals surface area contributed by atoms with Crippen LogP contribution in [0, 0.1) is 0 Å². The number of nitrogens with zero attached hydrogens (tertiary/aromatic N) is 3. The molecule has 0 radical (unpaired) electrons. The number of aromatic nitrogens is 1. The number of alkyl halides is 6. The van der Waals surface area contributed by atoms with E-state index in [0.717, 1.165) is 57.0 Å². The van der Waals surface area contributed by atoms with Crippen LogP contribution < -0.4 is 14.2 Å². The number of hydrogen-bond acceptors (Lipinski definition) is 2. The van der Waals surface area contributed by atoms with E-state index in [2.05, 4.69) is 91.0 Å². The molecule has 7 aromatic rings. The van der Waals surface area contributed by atoms with E-state index in [1.165, 1.54) is 6.07 Å². The first-order valence-electron chi connectivity index (χ1n) is 20.3. The van der Waals surface area contributed by atoms with E-state index in [4.69, 9.17) is 0 Å². The Bertz CT molecular complexity index is 3100. The van der Waals surface area contributed by atoms with E-state index in [1.807, 2.05) is 48.5 Å². The third-order valence-electron chi connectivity index (χ3n) is 13.0. The zero-order chi connectivity index (χ0) is 42.7. The molecule has 11 rings (SSSR count). The molecule has 0 spiro atoms. The SMILES string of the molecule is CN1c2ccc(-c3cccc4c3-c3ccccc3C4(C3=CC=CCC=C3)c3ccccc3)c[n+]2B(F)N2c3ccc(-c4ccc(C(F)(F)F)cc4C(F)(F)F)c4cccc(c34)C12. The lowest BCUT2D eigenvalue weighted by Gasteiger charge is -2.36. The maximum atomic E-state index is 17.6. The zero-order valence-electron chi connectivity index (χ0n) is 33.0. The summed E-state index contributed by atoms with van der Waals surface area (Å²) in [5.41, 5.74) is 5.84. The van der Waals surface area contributed by atoms with Crippen LogP contribution in [0.5, 0.6) is 0 Å². The molecular weight excluding hydrogens is 798 g/mol. The van der Waals surface area contributed by atoms with Gasteiger partial charge < -0.3 is 0 Å². The Morgan fingerprint density at radius 1 is 0.694 bits per heavy atom. The second-order valence-electron chi connectivity index (χ2n) is 16.1. The van der Waals surface area contributed by atoms with Crippen molar-refractivity contribution in [3.05, 3.63) is 209 Å². The predicted molar refractivity (Wildman–Crippen MR) is 230 cm³/mol. The van der Waals surface area contributed by atoms with Gasteiger partial charge in [-0.05, 0) is 86.2 Å². The number of benzene rings is 6. The van der Waals surface area contributed by atoms with Gasteiger partial charge >= 0.3 is 19.6 Å². The fraction of sp³-hybridized carbons (Fsp3) is 0.118. The Morgan fingerprint density at radius 3 is 2.24 bits per heavy atom. The summed E-state index contributed by atoms with van der Waals surface area (Å²) in [7, 11) is 0.121. The number of fused-ring (bicyclic) bond motifs is 7. The van der Waals surface area contributed by atoms with Gasteiger partial charge in [-0.25, -0.2) is 9.38 Å². The maximum absolute atomic E-state index is 17.6. The van der Waals surface area contributed by atoms with Crippen LogP contribution in [-0.2, 0) is 17.8 Å². The smallest absolute Gasteiger partial charge is 0.300 e. The quantitative estimate of drug-likeness (QED) is 0.129. The van der Waals surface area contributed by atoms with Crippen LogP contribution in [0.1, 0.15) is 46.0 Å². The molecule has 2 atom stereocenters. The van der Waals surface area contributed by atoms with Crippen LogP contribution in [-0.4, -0.2) is 14.3 Å². The maximum Gasteiger partial charge on any atom is 0.723 e. The van der Waals surface area contributed by atoms with Gasteiger partial charge in [-0.3, -0.25) is 9.13 Å². The zero-order valence-corrected chi connectivity index (χ0v) is 33.0. The highest BCUT2D eigenvalue weighted by Crippen LogP contribution is 2.59. The molecule has 3 nitrogen and oxygen atoms in total. The van der Waals surface area contributed by atoms with Gasteiger partial charge in [0.1, 0.15) is 0 Å². The molecular formula is C51H34BF7N3+. The van der Waals surface area contributed by atoms with Crippen molar-refractivity contribution in [2.45, 2.75) is 30.4 Å². The Kier molecular flexibility index (Phi) is 8.33. The molecule has 2 aliphatic heterocycles. The Morgan fingerprint density at radius 2 is 1.44 bits per heavy atom. The number of hydrogen-bond donors (Lipinski definition) is 0. The lowest BCUT2D eigenvalue weighted by atomic mass is 9.67. The number of pyridine rings is 1. The molecule has 62 heavy (non-hydrogen) atoms. The molecule has 4 aliphatic rings. The van der Waals surface area contributed by atoms with E-state index in [0.29, 0.717) is 33.9 Å². The summed E-state index contributed by atoms with van der Waals surface area (Å²) in [4.78, 5) is 3.55. The monoisotopic (exact) mass is 832 g/mol. The Balaban J connectivity index is 1.06. The second kappa shape index (κ2) is 13.6. The van der Waals surface area contributed by atoms with Crippen molar-refractivity contribution in [1.29, 1.82) is 0 Å². The fourth-order valence-corrected chi connectivity index (χ4v) is 10.5. The summed E-state index contributed by atoms with van der Waals surface area (Å²) in [5.74, 6) is 0.585. The first-order valence-corrected chi connectivity index (χ1v) is 20.3. The fourth-order valence-electron chi connectivity index (χ4n) is 10.5. The average Bonchev–Trinajstić information content (AvgIpc) is 3.62. The third-order valence-corrected chi connectivity index (χ3v) is 13.0. The minimum atomic E-state index is -5.07. The van der Waals surface area contributed by atoms with E-state index in [-0.39, 0.29) is 17.2 Å². The first-order chi connectivity index (χ1) is 29.9. The van der Waals surface area contributed by atoms with Crippen molar-refractivity contribution >= 4 is 29.5 Å². The Hall–Kier alpha value is -6.88. The van der Waals surface area contributed by atoms with Gasteiger partial charge in [-0.1, -0.05) is 134 Å². The summed E-state index contributed by atoms with van der Waals surface area (Å²) >= 11 is 0. The van der Waals surface area contributed by atoms with E-state index in [1.54, 1.807) is 27.5 Å². The molecule has 6 aromatic carbocycles. The van der Waals surface area contributed by atoms with Gasteiger partial charge in [-0.15, -0.1) is 0 Å². The van der Waals surface area contributed by atoms with Crippen LogP contribution in [0.15, 0.2) is 176 Å². The van der Waals surface area contributed by atoms with Crippen LogP contribution in [0.4, 0.5) is 42.2 Å². The van der Waals surface area contributed by atoms with E-state index in [9.17, 15) is 26.3 Å². The lowest BCUT2D eigenvalue weighted by Crippen LogP contribution is -2.68. The van der Waals surface area contributed by atoms with Crippen molar-refractivity contribution in [1.82, 2.24) is 0 Å². The highest BCUT2D eigenvalue weighted by atomic mass is 19.4.